The number of aromatic nitrogens is 4. The van der Waals surface area contributed by atoms with Crippen molar-refractivity contribution < 1.29 is 4.79 Å². The number of hydrogen-bond donors (Lipinski definition) is 1. The van der Waals surface area contributed by atoms with Crippen molar-refractivity contribution in [1.29, 1.82) is 0 Å². The van der Waals surface area contributed by atoms with E-state index in [2.05, 4.69) is 15.5 Å². The molecular weight excluding hydrogens is 366 g/mol. The van der Waals surface area contributed by atoms with Crippen molar-refractivity contribution in [3.8, 4) is 5.69 Å². The van der Waals surface area contributed by atoms with E-state index in [1.807, 2.05) is 61.7 Å². The van der Waals surface area contributed by atoms with Gasteiger partial charge in [-0.05, 0) is 44.2 Å². The van der Waals surface area contributed by atoms with E-state index in [9.17, 15) is 9.59 Å². The van der Waals surface area contributed by atoms with Gasteiger partial charge in [0.15, 0.2) is 0 Å². The number of amides is 1. The molecule has 1 amide bonds. The minimum absolute atomic E-state index is 0.147. The fourth-order valence-corrected chi connectivity index (χ4v) is 3.32. The Kier molecular flexibility index (Phi) is 4.95. The molecule has 0 radical (unpaired) electrons. The molecule has 1 atom stereocenters. The molecule has 29 heavy (non-hydrogen) atoms. The monoisotopic (exact) mass is 387 g/mol. The average Bonchev–Trinajstić information content (AvgIpc) is 3.29. The number of aryl methyl sites for hydroxylation is 1. The van der Waals surface area contributed by atoms with Crippen molar-refractivity contribution in [2.75, 3.05) is 5.32 Å². The number of nitrogens with one attached hydrogen (secondary N) is 1. The van der Waals surface area contributed by atoms with Crippen LogP contribution in [-0.2, 0) is 11.3 Å². The zero-order chi connectivity index (χ0) is 20.4. The highest BCUT2D eigenvalue weighted by molar-refractivity contribution is 5.98. The molecule has 2 heterocycles. The molecule has 0 saturated heterocycles. The van der Waals surface area contributed by atoms with Crippen LogP contribution >= 0.6 is 0 Å². The van der Waals surface area contributed by atoms with E-state index in [1.165, 1.54) is 4.68 Å². The van der Waals surface area contributed by atoms with E-state index in [-0.39, 0.29) is 11.5 Å². The SMILES string of the molecule is CCn1nc(C(C)C(=O)Nc2cccc(-n3cccn3)c2)c2ccccc2c1=O. The molecule has 0 bridgehead atoms. The van der Waals surface area contributed by atoms with E-state index in [1.54, 1.807) is 23.9 Å². The van der Waals surface area contributed by atoms with E-state index in [0.29, 0.717) is 28.7 Å². The van der Waals surface area contributed by atoms with Gasteiger partial charge in [-0.25, -0.2) is 9.36 Å². The van der Waals surface area contributed by atoms with Gasteiger partial charge in [0.25, 0.3) is 5.56 Å². The quantitative estimate of drug-likeness (QED) is 0.569. The maximum atomic E-state index is 13.0. The summed E-state index contributed by atoms with van der Waals surface area (Å²) in [5.74, 6) is -0.728. The smallest absolute Gasteiger partial charge is 0.274 e. The molecule has 7 nitrogen and oxygen atoms in total. The Morgan fingerprint density at radius 2 is 1.90 bits per heavy atom. The van der Waals surface area contributed by atoms with Crippen molar-refractivity contribution in [2.24, 2.45) is 0 Å². The van der Waals surface area contributed by atoms with E-state index in [0.717, 1.165) is 5.69 Å². The first-order valence-corrected chi connectivity index (χ1v) is 9.49. The number of hydrogen-bond acceptors (Lipinski definition) is 4. The number of benzene rings is 2. The van der Waals surface area contributed by atoms with Crippen molar-refractivity contribution in [1.82, 2.24) is 19.6 Å². The third-order valence-electron chi connectivity index (χ3n) is 4.88. The lowest BCUT2D eigenvalue weighted by atomic mass is 10.0. The minimum Gasteiger partial charge on any atom is -0.325 e. The van der Waals surface area contributed by atoms with Crippen molar-refractivity contribution >= 4 is 22.4 Å². The second kappa shape index (κ2) is 7.71. The molecule has 0 fully saturated rings. The van der Waals surface area contributed by atoms with Crippen LogP contribution in [0.3, 0.4) is 0 Å². The molecule has 1 unspecified atom stereocenters. The van der Waals surface area contributed by atoms with Crippen LogP contribution in [0.25, 0.3) is 16.5 Å². The Morgan fingerprint density at radius 3 is 2.62 bits per heavy atom. The van der Waals surface area contributed by atoms with Crippen LogP contribution in [0.4, 0.5) is 5.69 Å². The summed E-state index contributed by atoms with van der Waals surface area (Å²) >= 11 is 0. The molecule has 0 spiro atoms. The Bertz CT molecular complexity index is 1230. The fourth-order valence-electron chi connectivity index (χ4n) is 3.32. The number of carbonyl (C=O) groups is 1. The number of rotatable bonds is 5. The second-order valence-electron chi connectivity index (χ2n) is 6.76. The minimum atomic E-state index is -0.536. The lowest BCUT2D eigenvalue weighted by Crippen LogP contribution is -2.27. The Morgan fingerprint density at radius 1 is 1.10 bits per heavy atom. The van der Waals surface area contributed by atoms with Gasteiger partial charge in [0, 0.05) is 30.0 Å². The summed E-state index contributed by atoms with van der Waals surface area (Å²) in [4.78, 5) is 25.5. The molecule has 0 saturated carbocycles. The summed E-state index contributed by atoms with van der Waals surface area (Å²) in [6, 6.07) is 16.6. The third kappa shape index (κ3) is 3.54. The van der Waals surface area contributed by atoms with Gasteiger partial charge in [0.05, 0.1) is 22.7 Å². The molecule has 0 aliphatic rings. The van der Waals surface area contributed by atoms with Crippen molar-refractivity contribution in [3.63, 3.8) is 0 Å². The van der Waals surface area contributed by atoms with Gasteiger partial charge in [-0.1, -0.05) is 24.3 Å². The van der Waals surface area contributed by atoms with Gasteiger partial charge in [-0.2, -0.15) is 10.2 Å². The first kappa shape index (κ1) is 18.6. The number of fused-ring (bicyclic) bond motifs is 1. The molecule has 4 rings (SSSR count). The zero-order valence-corrected chi connectivity index (χ0v) is 16.2. The molecule has 0 aliphatic heterocycles. The number of carbonyl (C=O) groups excluding carboxylic acids is 1. The highest BCUT2D eigenvalue weighted by Gasteiger charge is 2.22. The van der Waals surface area contributed by atoms with Gasteiger partial charge >= 0.3 is 0 Å². The largest absolute Gasteiger partial charge is 0.325 e. The van der Waals surface area contributed by atoms with E-state index >= 15 is 0 Å². The molecule has 2 aromatic carbocycles. The fraction of sp³-hybridized carbons (Fsp3) is 0.182. The lowest BCUT2D eigenvalue weighted by Gasteiger charge is -2.16. The van der Waals surface area contributed by atoms with Gasteiger partial charge < -0.3 is 5.32 Å². The van der Waals surface area contributed by atoms with Gasteiger partial charge in [0.2, 0.25) is 5.91 Å². The van der Waals surface area contributed by atoms with Crippen molar-refractivity contribution in [3.05, 3.63) is 83.0 Å². The number of nitrogens with zero attached hydrogens (tertiary/aromatic N) is 4. The number of anilines is 1. The van der Waals surface area contributed by atoms with Crippen LogP contribution in [0, 0.1) is 0 Å². The van der Waals surface area contributed by atoms with Gasteiger partial charge in [-0.15, -0.1) is 0 Å². The van der Waals surface area contributed by atoms with Crippen LogP contribution in [0.15, 0.2) is 71.8 Å². The normalized spacial score (nSPS) is 12.1. The molecule has 7 heteroatoms. The van der Waals surface area contributed by atoms with Crippen LogP contribution in [0.1, 0.15) is 25.5 Å². The maximum absolute atomic E-state index is 13.0. The third-order valence-corrected chi connectivity index (χ3v) is 4.88. The summed E-state index contributed by atoms with van der Waals surface area (Å²) < 4.78 is 3.13. The Balaban J connectivity index is 1.66. The second-order valence-corrected chi connectivity index (χ2v) is 6.76. The summed E-state index contributed by atoms with van der Waals surface area (Å²) in [5.41, 5.74) is 1.96. The van der Waals surface area contributed by atoms with E-state index in [4.69, 9.17) is 0 Å². The molecule has 0 aliphatic carbocycles. The van der Waals surface area contributed by atoms with E-state index < -0.39 is 5.92 Å². The summed E-state index contributed by atoms with van der Waals surface area (Å²) in [5, 5.41) is 12.9. The summed E-state index contributed by atoms with van der Waals surface area (Å²) in [6.07, 6.45) is 3.54. The first-order valence-electron chi connectivity index (χ1n) is 9.49. The Hall–Kier alpha value is -3.74. The zero-order valence-electron chi connectivity index (χ0n) is 16.2. The molecule has 4 aromatic rings. The van der Waals surface area contributed by atoms with Crippen LogP contribution in [0.2, 0.25) is 0 Å². The standard InChI is InChI=1S/C22H21N5O2/c1-3-26-22(29)19-11-5-4-10-18(19)20(25-26)15(2)21(28)24-16-8-6-9-17(14-16)27-13-7-12-23-27/h4-15H,3H2,1-2H3,(H,24,28). The summed E-state index contributed by atoms with van der Waals surface area (Å²) in [6.45, 7) is 4.10. The highest BCUT2D eigenvalue weighted by Crippen LogP contribution is 2.23. The summed E-state index contributed by atoms with van der Waals surface area (Å²) in [7, 11) is 0. The first-order chi connectivity index (χ1) is 14.1. The van der Waals surface area contributed by atoms with Crippen molar-refractivity contribution in [2.45, 2.75) is 26.3 Å². The average molecular weight is 387 g/mol. The molecular formula is C22H21N5O2. The van der Waals surface area contributed by atoms with Gasteiger partial charge in [0.1, 0.15) is 0 Å². The maximum Gasteiger partial charge on any atom is 0.274 e. The predicted molar refractivity (Wildman–Crippen MR) is 112 cm³/mol. The predicted octanol–water partition coefficient (Wildman–Crippen LogP) is 3.34. The Labute approximate surface area is 167 Å². The molecule has 146 valence electrons. The topological polar surface area (TPSA) is 81.8 Å². The van der Waals surface area contributed by atoms with Crippen LogP contribution in [0.5, 0.6) is 0 Å². The highest BCUT2D eigenvalue weighted by atomic mass is 16.2. The van der Waals surface area contributed by atoms with Crippen LogP contribution in [-0.4, -0.2) is 25.5 Å². The molecule has 1 N–H and O–H groups in total. The molecule has 2 aromatic heterocycles. The van der Waals surface area contributed by atoms with Gasteiger partial charge in [-0.3, -0.25) is 9.59 Å². The lowest BCUT2D eigenvalue weighted by molar-refractivity contribution is -0.117. The van der Waals surface area contributed by atoms with Crippen LogP contribution < -0.4 is 10.9 Å².